The van der Waals surface area contributed by atoms with Gasteiger partial charge in [-0.15, -0.1) is 0 Å². The topological polar surface area (TPSA) is 70.6 Å². The highest BCUT2D eigenvalue weighted by molar-refractivity contribution is 5.67. The number of hydrogen-bond donors (Lipinski definition) is 3. The summed E-state index contributed by atoms with van der Waals surface area (Å²) in [4.78, 5) is 11.7. The van der Waals surface area contributed by atoms with Crippen molar-refractivity contribution in [3.63, 3.8) is 0 Å². The summed E-state index contributed by atoms with van der Waals surface area (Å²) in [6, 6.07) is 0. The standard InChI is InChI=1S/C16H34N2O3/c1-8-16(9-2,12-19)11-18-15(6,7)10-17-13(20)21-14(3,4)5/h18-19H,8-12H2,1-7H3,(H,17,20). The van der Waals surface area contributed by atoms with Crippen LogP contribution in [0.2, 0.25) is 0 Å². The highest BCUT2D eigenvalue weighted by atomic mass is 16.6. The van der Waals surface area contributed by atoms with Gasteiger partial charge in [-0.2, -0.15) is 0 Å². The van der Waals surface area contributed by atoms with Crippen LogP contribution in [0.1, 0.15) is 61.3 Å². The summed E-state index contributed by atoms with van der Waals surface area (Å²) >= 11 is 0. The fraction of sp³-hybridized carbons (Fsp3) is 0.938. The Morgan fingerprint density at radius 2 is 1.57 bits per heavy atom. The van der Waals surface area contributed by atoms with Crippen LogP contribution < -0.4 is 10.6 Å². The van der Waals surface area contributed by atoms with Gasteiger partial charge in [0.1, 0.15) is 5.60 Å². The number of aliphatic hydroxyl groups is 1. The fourth-order valence-corrected chi connectivity index (χ4v) is 1.88. The Bertz CT molecular complexity index is 310. The van der Waals surface area contributed by atoms with Gasteiger partial charge < -0.3 is 20.5 Å². The van der Waals surface area contributed by atoms with E-state index in [1.807, 2.05) is 34.6 Å². The number of aliphatic hydroxyl groups excluding tert-OH is 1. The molecule has 3 N–H and O–H groups in total. The van der Waals surface area contributed by atoms with Crippen LogP contribution in [0.3, 0.4) is 0 Å². The van der Waals surface area contributed by atoms with Gasteiger partial charge in [0.05, 0.1) is 0 Å². The lowest BCUT2D eigenvalue weighted by Crippen LogP contribution is -2.53. The molecule has 0 unspecified atom stereocenters. The summed E-state index contributed by atoms with van der Waals surface area (Å²) in [7, 11) is 0. The molecule has 126 valence electrons. The Balaban J connectivity index is 4.35. The molecule has 0 radical (unpaired) electrons. The lowest BCUT2D eigenvalue weighted by molar-refractivity contribution is 0.0507. The maximum atomic E-state index is 11.7. The number of carbonyl (C=O) groups excluding carboxylic acids is 1. The SMILES string of the molecule is CCC(CC)(CO)CNC(C)(C)CNC(=O)OC(C)(C)C. The van der Waals surface area contributed by atoms with Gasteiger partial charge in [0.2, 0.25) is 0 Å². The van der Waals surface area contributed by atoms with E-state index < -0.39 is 11.7 Å². The van der Waals surface area contributed by atoms with Gasteiger partial charge in [0.25, 0.3) is 0 Å². The Kier molecular flexibility index (Phi) is 7.68. The van der Waals surface area contributed by atoms with Gasteiger partial charge >= 0.3 is 6.09 Å². The molecule has 0 saturated carbocycles. The van der Waals surface area contributed by atoms with Crippen LogP contribution >= 0.6 is 0 Å². The van der Waals surface area contributed by atoms with Crippen LogP contribution in [0.4, 0.5) is 4.79 Å². The first-order valence-electron chi connectivity index (χ1n) is 7.82. The normalized spacial score (nSPS) is 13.1. The number of hydrogen-bond acceptors (Lipinski definition) is 4. The second-order valence-electron chi connectivity index (χ2n) is 7.46. The minimum atomic E-state index is -0.488. The minimum absolute atomic E-state index is 0.0941. The molecule has 21 heavy (non-hydrogen) atoms. The molecular formula is C16H34N2O3. The zero-order valence-electron chi connectivity index (χ0n) is 14.8. The molecule has 0 bridgehead atoms. The first-order valence-corrected chi connectivity index (χ1v) is 7.82. The summed E-state index contributed by atoms with van der Waals surface area (Å²) in [5.74, 6) is 0. The molecule has 0 aromatic heterocycles. The van der Waals surface area contributed by atoms with Crippen LogP contribution in [0.5, 0.6) is 0 Å². The predicted octanol–water partition coefficient (Wildman–Crippen LogP) is 2.68. The second-order valence-corrected chi connectivity index (χ2v) is 7.46. The van der Waals surface area contributed by atoms with Crippen molar-refractivity contribution in [3.05, 3.63) is 0 Å². The van der Waals surface area contributed by atoms with E-state index in [9.17, 15) is 9.90 Å². The molecular weight excluding hydrogens is 268 g/mol. The van der Waals surface area contributed by atoms with E-state index in [0.717, 1.165) is 19.4 Å². The van der Waals surface area contributed by atoms with E-state index in [-0.39, 0.29) is 17.6 Å². The molecule has 0 aromatic carbocycles. The molecule has 0 saturated heterocycles. The maximum absolute atomic E-state index is 11.7. The van der Waals surface area contributed by atoms with E-state index in [4.69, 9.17) is 4.74 Å². The Labute approximate surface area is 129 Å². The smallest absolute Gasteiger partial charge is 0.407 e. The summed E-state index contributed by atoms with van der Waals surface area (Å²) in [5, 5.41) is 15.8. The molecule has 0 rings (SSSR count). The average Bonchev–Trinajstić information content (AvgIpc) is 2.37. The predicted molar refractivity (Wildman–Crippen MR) is 86.4 cm³/mol. The third kappa shape index (κ3) is 8.27. The zero-order chi connectivity index (χ0) is 16.7. The molecule has 0 spiro atoms. The summed E-state index contributed by atoms with van der Waals surface area (Å²) in [6.45, 7) is 15.1. The highest BCUT2D eigenvalue weighted by Crippen LogP contribution is 2.25. The second kappa shape index (κ2) is 7.99. The van der Waals surface area contributed by atoms with E-state index in [0.29, 0.717) is 6.54 Å². The van der Waals surface area contributed by atoms with Crippen LogP contribution in [0.15, 0.2) is 0 Å². The van der Waals surface area contributed by atoms with Gasteiger partial charge in [-0.1, -0.05) is 13.8 Å². The quantitative estimate of drug-likeness (QED) is 0.645. The maximum Gasteiger partial charge on any atom is 0.407 e. The van der Waals surface area contributed by atoms with Crippen LogP contribution in [-0.4, -0.2) is 42.0 Å². The van der Waals surface area contributed by atoms with Crippen molar-refractivity contribution in [2.75, 3.05) is 19.7 Å². The minimum Gasteiger partial charge on any atom is -0.444 e. The molecule has 0 atom stereocenters. The van der Waals surface area contributed by atoms with Crippen LogP contribution in [-0.2, 0) is 4.74 Å². The van der Waals surface area contributed by atoms with Gasteiger partial charge in [0.15, 0.2) is 0 Å². The number of ether oxygens (including phenoxy) is 1. The summed E-state index contributed by atoms with van der Waals surface area (Å²) < 4.78 is 5.22. The average molecular weight is 302 g/mol. The van der Waals surface area contributed by atoms with Gasteiger partial charge in [0, 0.05) is 30.7 Å². The van der Waals surface area contributed by atoms with E-state index in [1.54, 1.807) is 0 Å². The van der Waals surface area contributed by atoms with Crippen molar-refractivity contribution < 1.29 is 14.6 Å². The number of nitrogens with one attached hydrogen (secondary N) is 2. The van der Waals surface area contributed by atoms with E-state index in [2.05, 4.69) is 24.5 Å². The molecule has 0 aliphatic carbocycles. The van der Waals surface area contributed by atoms with Crippen molar-refractivity contribution in [1.29, 1.82) is 0 Å². The van der Waals surface area contributed by atoms with Crippen molar-refractivity contribution in [2.24, 2.45) is 5.41 Å². The molecule has 5 nitrogen and oxygen atoms in total. The van der Waals surface area contributed by atoms with Crippen LogP contribution in [0.25, 0.3) is 0 Å². The highest BCUT2D eigenvalue weighted by Gasteiger charge is 2.29. The summed E-state index contributed by atoms with van der Waals surface area (Å²) in [6.07, 6.45) is 1.43. The third-order valence-corrected chi connectivity index (χ3v) is 3.85. The molecule has 0 aromatic rings. The fourth-order valence-electron chi connectivity index (χ4n) is 1.88. The van der Waals surface area contributed by atoms with Crippen molar-refractivity contribution in [1.82, 2.24) is 10.6 Å². The number of carbonyl (C=O) groups is 1. The Morgan fingerprint density at radius 1 is 1.05 bits per heavy atom. The first-order chi connectivity index (χ1) is 9.49. The molecule has 0 aliphatic heterocycles. The molecule has 1 amide bonds. The van der Waals surface area contributed by atoms with Gasteiger partial charge in [-0.3, -0.25) is 0 Å². The Hall–Kier alpha value is -0.810. The molecule has 0 fully saturated rings. The van der Waals surface area contributed by atoms with Crippen molar-refractivity contribution in [3.8, 4) is 0 Å². The first kappa shape index (κ1) is 20.2. The van der Waals surface area contributed by atoms with E-state index in [1.165, 1.54) is 0 Å². The van der Waals surface area contributed by atoms with E-state index >= 15 is 0 Å². The lowest BCUT2D eigenvalue weighted by Gasteiger charge is -2.35. The largest absolute Gasteiger partial charge is 0.444 e. The number of alkyl carbamates (subject to hydrolysis) is 1. The lowest BCUT2D eigenvalue weighted by atomic mass is 9.82. The zero-order valence-corrected chi connectivity index (χ0v) is 14.8. The number of amides is 1. The van der Waals surface area contributed by atoms with Crippen molar-refractivity contribution in [2.45, 2.75) is 72.4 Å². The van der Waals surface area contributed by atoms with Gasteiger partial charge in [-0.05, 0) is 47.5 Å². The number of rotatable bonds is 8. The third-order valence-electron chi connectivity index (χ3n) is 3.85. The van der Waals surface area contributed by atoms with Gasteiger partial charge in [-0.25, -0.2) is 4.79 Å². The van der Waals surface area contributed by atoms with Crippen LogP contribution in [0, 0.1) is 5.41 Å². The monoisotopic (exact) mass is 302 g/mol. The molecule has 0 heterocycles. The molecule has 5 heteroatoms. The summed E-state index contributed by atoms with van der Waals surface area (Å²) in [5.41, 5.74) is -0.844. The Morgan fingerprint density at radius 3 is 1.95 bits per heavy atom. The van der Waals surface area contributed by atoms with Crippen molar-refractivity contribution >= 4 is 6.09 Å². The molecule has 0 aliphatic rings.